The number of hydrogen-bond donors (Lipinski definition) is 1. The maximum atomic E-state index is 13.0. The second-order valence-electron chi connectivity index (χ2n) is 5.23. The molecular formula is C14H17ClFN3O. The Morgan fingerprint density at radius 3 is 2.80 bits per heavy atom. The van der Waals surface area contributed by atoms with Gasteiger partial charge in [-0.2, -0.15) is 4.98 Å². The number of nitrogens with two attached hydrogens (primary N) is 1. The van der Waals surface area contributed by atoms with E-state index < -0.39 is 5.82 Å². The zero-order valence-corrected chi connectivity index (χ0v) is 12.2. The van der Waals surface area contributed by atoms with E-state index in [1.54, 1.807) is 0 Å². The fourth-order valence-corrected chi connectivity index (χ4v) is 2.28. The summed E-state index contributed by atoms with van der Waals surface area (Å²) in [6.07, 6.45) is 1.40. The first-order valence-corrected chi connectivity index (χ1v) is 6.87. The molecule has 1 atom stereocenters. The van der Waals surface area contributed by atoms with Crippen molar-refractivity contribution in [2.24, 2.45) is 11.7 Å². The topological polar surface area (TPSA) is 64.9 Å². The predicted octanol–water partition coefficient (Wildman–Crippen LogP) is 3.45. The van der Waals surface area contributed by atoms with Gasteiger partial charge in [0.1, 0.15) is 5.82 Å². The first kappa shape index (κ1) is 14.9. The van der Waals surface area contributed by atoms with Crippen LogP contribution in [-0.2, 0) is 6.42 Å². The molecular weight excluding hydrogens is 281 g/mol. The number of halogens is 2. The van der Waals surface area contributed by atoms with E-state index >= 15 is 0 Å². The second-order valence-corrected chi connectivity index (χ2v) is 5.64. The smallest absolute Gasteiger partial charge is 0.228 e. The molecule has 2 aromatic rings. The monoisotopic (exact) mass is 297 g/mol. The fraction of sp³-hybridized carbons (Fsp3) is 0.429. The Bertz CT molecular complexity index is 586. The average Bonchev–Trinajstić information content (AvgIpc) is 2.75. The second kappa shape index (κ2) is 6.33. The van der Waals surface area contributed by atoms with Crippen molar-refractivity contribution in [1.82, 2.24) is 10.1 Å². The number of nitrogens with zero attached hydrogens (tertiary/aromatic N) is 2. The summed E-state index contributed by atoms with van der Waals surface area (Å²) in [7, 11) is 0. The third-order valence-electron chi connectivity index (χ3n) is 2.85. The maximum Gasteiger partial charge on any atom is 0.228 e. The van der Waals surface area contributed by atoms with Crippen LogP contribution in [0.3, 0.4) is 0 Å². The van der Waals surface area contributed by atoms with Crippen LogP contribution in [0, 0.1) is 11.7 Å². The van der Waals surface area contributed by atoms with Gasteiger partial charge in [-0.3, -0.25) is 0 Å². The Kier molecular flexibility index (Phi) is 4.73. The van der Waals surface area contributed by atoms with Crippen molar-refractivity contribution in [2.45, 2.75) is 32.7 Å². The minimum Gasteiger partial charge on any atom is -0.339 e. The summed E-state index contributed by atoms with van der Waals surface area (Å²) < 4.78 is 18.2. The van der Waals surface area contributed by atoms with Gasteiger partial charge in [-0.15, -0.1) is 0 Å². The van der Waals surface area contributed by atoms with E-state index in [-0.39, 0.29) is 11.1 Å². The number of hydrogen-bond acceptors (Lipinski definition) is 4. The summed E-state index contributed by atoms with van der Waals surface area (Å²) in [5.74, 6) is 0.927. The Labute approximate surface area is 122 Å². The van der Waals surface area contributed by atoms with Crippen LogP contribution in [0.5, 0.6) is 0 Å². The van der Waals surface area contributed by atoms with Gasteiger partial charge in [-0.25, -0.2) is 4.39 Å². The molecule has 0 aliphatic carbocycles. The lowest BCUT2D eigenvalue weighted by atomic mass is 10.0. The molecule has 1 aromatic heterocycles. The normalized spacial score (nSPS) is 12.9. The van der Waals surface area contributed by atoms with E-state index in [0.29, 0.717) is 29.6 Å². The SMILES string of the molecule is CC(C)CC(N)Cc1nc(-c2ccc(F)cc2Cl)no1. The maximum absolute atomic E-state index is 13.0. The van der Waals surface area contributed by atoms with Crippen molar-refractivity contribution in [3.63, 3.8) is 0 Å². The Hall–Kier alpha value is -1.46. The van der Waals surface area contributed by atoms with Crippen LogP contribution < -0.4 is 5.73 Å². The molecule has 0 saturated heterocycles. The molecule has 0 spiro atoms. The largest absolute Gasteiger partial charge is 0.339 e. The number of rotatable bonds is 5. The van der Waals surface area contributed by atoms with Crippen LogP contribution in [0.2, 0.25) is 5.02 Å². The van der Waals surface area contributed by atoms with Gasteiger partial charge in [-0.1, -0.05) is 30.6 Å². The number of benzene rings is 1. The molecule has 0 aliphatic rings. The van der Waals surface area contributed by atoms with E-state index in [2.05, 4.69) is 24.0 Å². The Balaban J connectivity index is 2.12. The molecule has 2 rings (SSSR count). The van der Waals surface area contributed by atoms with Gasteiger partial charge >= 0.3 is 0 Å². The molecule has 0 fully saturated rings. The average molecular weight is 298 g/mol. The van der Waals surface area contributed by atoms with Crippen molar-refractivity contribution in [1.29, 1.82) is 0 Å². The molecule has 0 aliphatic heterocycles. The van der Waals surface area contributed by atoms with Gasteiger partial charge in [0.15, 0.2) is 0 Å². The third-order valence-corrected chi connectivity index (χ3v) is 3.16. The molecule has 0 radical (unpaired) electrons. The highest BCUT2D eigenvalue weighted by Crippen LogP contribution is 2.26. The molecule has 0 amide bonds. The highest BCUT2D eigenvalue weighted by molar-refractivity contribution is 6.33. The van der Waals surface area contributed by atoms with Crippen LogP contribution in [-0.4, -0.2) is 16.2 Å². The van der Waals surface area contributed by atoms with Crippen LogP contribution >= 0.6 is 11.6 Å². The van der Waals surface area contributed by atoms with E-state index in [1.165, 1.54) is 18.2 Å². The van der Waals surface area contributed by atoms with Crippen LogP contribution in [0.4, 0.5) is 4.39 Å². The lowest BCUT2D eigenvalue weighted by Gasteiger charge is -2.10. The standard InChI is InChI=1S/C14H17ClFN3O/c1-8(2)5-10(17)7-13-18-14(19-20-13)11-4-3-9(16)6-12(11)15/h3-4,6,8,10H,5,7,17H2,1-2H3. The molecule has 20 heavy (non-hydrogen) atoms. The summed E-state index contributed by atoms with van der Waals surface area (Å²) in [6, 6.07) is 4.03. The van der Waals surface area contributed by atoms with Crippen molar-refractivity contribution >= 4 is 11.6 Å². The van der Waals surface area contributed by atoms with Gasteiger partial charge in [0.2, 0.25) is 11.7 Å². The zero-order valence-electron chi connectivity index (χ0n) is 11.4. The molecule has 0 saturated carbocycles. The summed E-state index contributed by atoms with van der Waals surface area (Å²) in [5.41, 5.74) is 6.54. The van der Waals surface area contributed by atoms with Crippen LogP contribution in [0.1, 0.15) is 26.2 Å². The Morgan fingerprint density at radius 2 is 2.15 bits per heavy atom. The zero-order chi connectivity index (χ0) is 14.7. The van der Waals surface area contributed by atoms with Crippen molar-refractivity contribution in [2.75, 3.05) is 0 Å². The van der Waals surface area contributed by atoms with Gasteiger partial charge in [0.25, 0.3) is 0 Å². The van der Waals surface area contributed by atoms with Gasteiger partial charge in [-0.05, 0) is 30.5 Å². The lowest BCUT2D eigenvalue weighted by Crippen LogP contribution is -2.24. The minimum atomic E-state index is -0.401. The first-order chi connectivity index (χ1) is 9.45. The lowest BCUT2D eigenvalue weighted by molar-refractivity contribution is 0.359. The summed E-state index contributed by atoms with van der Waals surface area (Å²) in [6.45, 7) is 4.22. The van der Waals surface area contributed by atoms with Crippen LogP contribution in [0.25, 0.3) is 11.4 Å². The van der Waals surface area contributed by atoms with E-state index in [1.807, 2.05) is 0 Å². The number of aromatic nitrogens is 2. The molecule has 6 heteroatoms. The fourth-order valence-electron chi connectivity index (χ4n) is 2.03. The van der Waals surface area contributed by atoms with Crippen molar-refractivity contribution < 1.29 is 8.91 Å². The summed E-state index contributed by atoms with van der Waals surface area (Å²) >= 11 is 5.96. The minimum absolute atomic E-state index is 0.0213. The van der Waals surface area contributed by atoms with Gasteiger partial charge < -0.3 is 10.3 Å². The summed E-state index contributed by atoms with van der Waals surface area (Å²) in [5, 5.41) is 4.11. The Morgan fingerprint density at radius 1 is 1.40 bits per heavy atom. The van der Waals surface area contributed by atoms with E-state index in [0.717, 1.165) is 6.42 Å². The predicted molar refractivity (Wildman–Crippen MR) is 75.8 cm³/mol. The van der Waals surface area contributed by atoms with Crippen molar-refractivity contribution in [3.8, 4) is 11.4 Å². The molecule has 0 bridgehead atoms. The molecule has 4 nitrogen and oxygen atoms in total. The van der Waals surface area contributed by atoms with E-state index in [9.17, 15) is 4.39 Å². The van der Waals surface area contributed by atoms with Crippen molar-refractivity contribution in [3.05, 3.63) is 34.9 Å². The molecule has 1 heterocycles. The molecule has 108 valence electrons. The first-order valence-electron chi connectivity index (χ1n) is 6.49. The molecule has 1 unspecified atom stereocenters. The van der Waals surface area contributed by atoms with Gasteiger partial charge in [0, 0.05) is 18.0 Å². The third kappa shape index (κ3) is 3.77. The van der Waals surface area contributed by atoms with Crippen LogP contribution in [0.15, 0.2) is 22.7 Å². The van der Waals surface area contributed by atoms with E-state index in [4.69, 9.17) is 21.9 Å². The highest BCUT2D eigenvalue weighted by atomic mass is 35.5. The van der Waals surface area contributed by atoms with Gasteiger partial charge in [0.05, 0.1) is 5.02 Å². The quantitative estimate of drug-likeness (QED) is 0.918. The molecule has 2 N–H and O–H groups in total. The molecule has 1 aromatic carbocycles. The highest BCUT2D eigenvalue weighted by Gasteiger charge is 2.15. The summed E-state index contributed by atoms with van der Waals surface area (Å²) in [4.78, 5) is 4.25.